The summed E-state index contributed by atoms with van der Waals surface area (Å²) in [6.45, 7) is 5.31. The lowest BCUT2D eigenvalue weighted by atomic mass is 10.1. The van der Waals surface area contributed by atoms with Crippen molar-refractivity contribution in [3.05, 3.63) is 28.8 Å². The second-order valence-corrected chi connectivity index (χ2v) is 5.05. The molecule has 1 aromatic carbocycles. The molecule has 0 radical (unpaired) electrons. The number of halogens is 1. The summed E-state index contributed by atoms with van der Waals surface area (Å²) < 4.78 is 0. The molecule has 0 saturated carbocycles. The van der Waals surface area contributed by atoms with Gasteiger partial charge < -0.3 is 15.7 Å². The number of benzene rings is 1. The van der Waals surface area contributed by atoms with Crippen LogP contribution in [0.5, 0.6) is 0 Å². The zero-order valence-corrected chi connectivity index (χ0v) is 11.8. The third-order valence-corrected chi connectivity index (χ3v) is 2.92. The molecule has 2 amide bonds. The van der Waals surface area contributed by atoms with Gasteiger partial charge in [0.05, 0.1) is 10.7 Å². The van der Waals surface area contributed by atoms with Gasteiger partial charge in [-0.15, -0.1) is 0 Å². The maximum atomic E-state index is 11.8. The summed E-state index contributed by atoms with van der Waals surface area (Å²) in [5, 5.41) is 14.3. The van der Waals surface area contributed by atoms with E-state index in [1.807, 2.05) is 13.0 Å². The molecule has 0 fully saturated rings. The van der Waals surface area contributed by atoms with Gasteiger partial charge in [-0.2, -0.15) is 0 Å². The molecule has 0 aliphatic rings. The third kappa shape index (κ3) is 4.44. The number of amides is 2. The highest BCUT2D eigenvalue weighted by Gasteiger charge is 2.23. The highest BCUT2D eigenvalue weighted by molar-refractivity contribution is 6.33. The number of aryl methyl sites for hydroxylation is 1. The van der Waals surface area contributed by atoms with E-state index in [1.165, 1.54) is 0 Å². The van der Waals surface area contributed by atoms with Gasteiger partial charge in [0.2, 0.25) is 0 Å². The van der Waals surface area contributed by atoms with E-state index < -0.39 is 18.0 Å². The average molecular weight is 285 g/mol. The third-order valence-electron chi connectivity index (χ3n) is 2.59. The van der Waals surface area contributed by atoms with Gasteiger partial charge in [0.1, 0.15) is 6.04 Å². The van der Waals surface area contributed by atoms with E-state index in [9.17, 15) is 9.59 Å². The van der Waals surface area contributed by atoms with Crippen molar-refractivity contribution in [3.63, 3.8) is 0 Å². The summed E-state index contributed by atoms with van der Waals surface area (Å²) in [7, 11) is 0. The van der Waals surface area contributed by atoms with Crippen molar-refractivity contribution in [3.8, 4) is 0 Å². The number of carbonyl (C=O) groups is 2. The van der Waals surface area contributed by atoms with Crippen molar-refractivity contribution in [2.75, 3.05) is 5.32 Å². The number of hydrogen-bond donors (Lipinski definition) is 3. The highest BCUT2D eigenvalue weighted by atomic mass is 35.5. The van der Waals surface area contributed by atoms with Gasteiger partial charge in [0.15, 0.2) is 0 Å². The van der Waals surface area contributed by atoms with Crippen LogP contribution in [0.3, 0.4) is 0 Å². The summed E-state index contributed by atoms with van der Waals surface area (Å²) in [6, 6.07) is 3.67. The van der Waals surface area contributed by atoms with Crippen LogP contribution in [0, 0.1) is 12.8 Å². The van der Waals surface area contributed by atoms with E-state index in [1.54, 1.807) is 26.0 Å². The lowest BCUT2D eigenvalue weighted by Gasteiger charge is -2.18. The molecule has 1 atom stereocenters. The fourth-order valence-corrected chi connectivity index (χ4v) is 1.71. The Morgan fingerprint density at radius 2 is 1.95 bits per heavy atom. The van der Waals surface area contributed by atoms with Crippen LogP contribution < -0.4 is 10.6 Å². The SMILES string of the molecule is Cc1ccc(Cl)c(NC(=O)NC(C(=O)O)C(C)C)c1. The van der Waals surface area contributed by atoms with Gasteiger partial charge in [0, 0.05) is 0 Å². The van der Waals surface area contributed by atoms with E-state index in [0.29, 0.717) is 10.7 Å². The molecule has 1 unspecified atom stereocenters. The quantitative estimate of drug-likeness (QED) is 0.795. The minimum absolute atomic E-state index is 0.212. The number of aliphatic carboxylic acids is 1. The van der Waals surface area contributed by atoms with Gasteiger partial charge in [0.25, 0.3) is 0 Å². The standard InChI is InChI=1S/C13H17ClN2O3/c1-7(2)11(12(17)18)16-13(19)15-10-6-8(3)4-5-9(10)14/h4-7,11H,1-3H3,(H,17,18)(H2,15,16,19). The minimum atomic E-state index is -1.07. The number of carbonyl (C=O) groups excluding carboxylic acids is 1. The molecule has 0 aliphatic carbocycles. The largest absolute Gasteiger partial charge is 0.480 e. The molecule has 104 valence electrons. The zero-order valence-electron chi connectivity index (χ0n) is 11.0. The molecule has 0 spiro atoms. The molecule has 5 nitrogen and oxygen atoms in total. The van der Waals surface area contributed by atoms with Crippen LogP contribution in [0.15, 0.2) is 18.2 Å². The van der Waals surface area contributed by atoms with Crippen molar-refractivity contribution in [2.24, 2.45) is 5.92 Å². The summed E-state index contributed by atoms with van der Waals surface area (Å²) in [6.07, 6.45) is 0. The Morgan fingerprint density at radius 3 is 2.47 bits per heavy atom. The molecule has 0 heterocycles. The summed E-state index contributed by atoms with van der Waals surface area (Å²) in [5.74, 6) is -1.28. The first-order chi connectivity index (χ1) is 8.81. The molecule has 0 aliphatic heterocycles. The molecule has 1 aromatic rings. The summed E-state index contributed by atoms with van der Waals surface area (Å²) >= 11 is 5.94. The zero-order chi connectivity index (χ0) is 14.6. The Balaban J connectivity index is 2.74. The molecule has 0 saturated heterocycles. The Kier molecular flexibility index (Phi) is 5.18. The fraction of sp³-hybridized carbons (Fsp3) is 0.385. The van der Waals surface area contributed by atoms with Gasteiger partial charge in [-0.25, -0.2) is 9.59 Å². The van der Waals surface area contributed by atoms with E-state index in [-0.39, 0.29) is 5.92 Å². The second kappa shape index (κ2) is 6.43. The van der Waals surface area contributed by atoms with Crippen LogP contribution in [0.2, 0.25) is 5.02 Å². The number of hydrogen-bond acceptors (Lipinski definition) is 2. The van der Waals surface area contributed by atoms with Crippen molar-refractivity contribution < 1.29 is 14.7 Å². The Labute approximate surface area is 117 Å². The van der Waals surface area contributed by atoms with Gasteiger partial charge in [-0.1, -0.05) is 31.5 Å². The van der Waals surface area contributed by atoms with Crippen LogP contribution in [0.4, 0.5) is 10.5 Å². The Hall–Kier alpha value is -1.75. The first kappa shape index (κ1) is 15.3. The Morgan fingerprint density at radius 1 is 1.32 bits per heavy atom. The molecule has 6 heteroatoms. The average Bonchev–Trinajstić information content (AvgIpc) is 2.30. The van der Waals surface area contributed by atoms with Crippen molar-refractivity contribution in [1.29, 1.82) is 0 Å². The highest BCUT2D eigenvalue weighted by Crippen LogP contribution is 2.22. The minimum Gasteiger partial charge on any atom is -0.480 e. The molecular formula is C13H17ClN2O3. The van der Waals surface area contributed by atoms with Crippen molar-refractivity contribution in [1.82, 2.24) is 5.32 Å². The number of urea groups is 1. The van der Waals surface area contributed by atoms with Crippen LogP contribution in [0.25, 0.3) is 0 Å². The fourth-order valence-electron chi connectivity index (χ4n) is 1.55. The second-order valence-electron chi connectivity index (χ2n) is 4.64. The summed E-state index contributed by atoms with van der Waals surface area (Å²) in [5.41, 5.74) is 1.39. The number of carboxylic acids is 1. The molecule has 3 N–H and O–H groups in total. The number of carboxylic acid groups (broad SMARTS) is 1. The number of rotatable bonds is 4. The predicted octanol–water partition coefficient (Wildman–Crippen LogP) is 2.88. The van der Waals surface area contributed by atoms with E-state index in [0.717, 1.165) is 5.56 Å². The maximum Gasteiger partial charge on any atom is 0.326 e. The molecule has 19 heavy (non-hydrogen) atoms. The van der Waals surface area contributed by atoms with Crippen molar-refractivity contribution >= 4 is 29.3 Å². The molecule has 0 bridgehead atoms. The maximum absolute atomic E-state index is 11.8. The summed E-state index contributed by atoms with van der Waals surface area (Å²) in [4.78, 5) is 22.7. The number of anilines is 1. The molecule has 1 rings (SSSR count). The van der Waals surface area contributed by atoms with Crippen LogP contribution >= 0.6 is 11.6 Å². The van der Waals surface area contributed by atoms with Gasteiger partial charge >= 0.3 is 12.0 Å². The molecular weight excluding hydrogens is 268 g/mol. The smallest absolute Gasteiger partial charge is 0.326 e. The normalized spacial score (nSPS) is 12.1. The first-order valence-electron chi connectivity index (χ1n) is 5.87. The molecule has 0 aromatic heterocycles. The van der Waals surface area contributed by atoms with Gasteiger partial charge in [-0.3, -0.25) is 0 Å². The number of nitrogens with one attached hydrogen (secondary N) is 2. The van der Waals surface area contributed by atoms with Crippen molar-refractivity contribution in [2.45, 2.75) is 26.8 Å². The van der Waals surface area contributed by atoms with Crippen LogP contribution in [0.1, 0.15) is 19.4 Å². The topological polar surface area (TPSA) is 78.4 Å². The predicted molar refractivity (Wildman–Crippen MR) is 74.6 cm³/mol. The van der Waals surface area contributed by atoms with Crippen LogP contribution in [-0.2, 0) is 4.79 Å². The van der Waals surface area contributed by atoms with Crippen LogP contribution in [-0.4, -0.2) is 23.1 Å². The Bertz CT molecular complexity index is 489. The lowest BCUT2D eigenvalue weighted by Crippen LogP contribution is -2.46. The lowest BCUT2D eigenvalue weighted by molar-refractivity contribution is -0.140. The van der Waals surface area contributed by atoms with Gasteiger partial charge in [-0.05, 0) is 30.5 Å². The monoisotopic (exact) mass is 284 g/mol. The van der Waals surface area contributed by atoms with E-state index in [2.05, 4.69) is 10.6 Å². The van der Waals surface area contributed by atoms with E-state index in [4.69, 9.17) is 16.7 Å². The first-order valence-corrected chi connectivity index (χ1v) is 6.25. The van der Waals surface area contributed by atoms with E-state index >= 15 is 0 Å².